The molecule has 2 aromatic rings. The molecule has 0 aliphatic carbocycles. The predicted molar refractivity (Wildman–Crippen MR) is 109 cm³/mol. The fraction of sp³-hybridized carbons (Fsp3) is 0.333. The molecule has 0 atom stereocenters. The first-order chi connectivity index (χ1) is 13.1. The molecule has 0 aliphatic rings. The maximum Gasteiger partial charge on any atom is 0.251 e. The quantitative estimate of drug-likeness (QED) is 0.427. The molecule has 0 aromatic heterocycles. The van der Waals surface area contributed by atoms with Gasteiger partial charge in [-0.3, -0.25) is 9.79 Å². The summed E-state index contributed by atoms with van der Waals surface area (Å²) < 4.78 is 5.18. The Morgan fingerprint density at radius 1 is 1.04 bits per heavy atom. The van der Waals surface area contributed by atoms with Gasteiger partial charge in [-0.15, -0.1) is 0 Å². The molecule has 6 nitrogen and oxygen atoms in total. The van der Waals surface area contributed by atoms with Crippen LogP contribution in [0.4, 0.5) is 0 Å². The van der Waals surface area contributed by atoms with Crippen molar-refractivity contribution in [1.29, 1.82) is 0 Å². The van der Waals surface area contributed by atoms with Crippen LogP contribution >= 0.6 is 0 Å². The Hall–Kier alpha value is -3.02. The Labute approximate surface area is 161 Å². The fourth-order valence-electron chi connectivity index (χ4n) is 2.65. The average molecular weight is 368 g/mol. The van der Waals surface area contributed by atoms with Crippen molar-refractivity contribution in [3.8, 4) is 5.75 Å². The van der Waals surface area contributed by atoms with E-state index >= 15 is 0 Å². The highest BCUT2D eigenvalue weighted by molar-refractivity contribution is 5.94. The summed E-state index contributed by atoms with van der Waals surface area (Å²) in [5.41, 5.74) is 1.86. The number of carbonyl (C=O) groups is 1. The zero-order valence-corrected chi connectivity index (χ0v) is 16.2. The highest BCUT2D eigenvalue weighted by Gasteiger charge is 2.07. The second-order valence-electron chi connectivity index (χ2n) is 6.15. The summed E-state index contributed by atoms with van der Waals surface area (Å²) in [6.07, 6.45) is 0.813. The van der Waals surface area contributed by atoms with Crippen molar-refractivity contribution < 1.29 is 9.53 Å². The standard InChI is InChI=1S/C21H28N4O2/c1-22-21(25(2)16-17-10-12-19(27-3)13-11-17)24-15-7-14-23-20(26)18-8-5-4-6-9-18/h4-6,8-13H,7,14-16H2,1-3H3,(H,22,24)(H,23,26). The van der Waals surface area contributed by atoms with Crippen molar-refractivity contribution in [3.63, 3.8) is 0 Å². The number of aliphatic imine (C=N–C) groups is 1. The van der Waals surface area contributed by atoms with E-state index in [4.69, 9.17) is 4.74 Å². The van der Waals surface area contributed by atoms with Gasteiger partial charge in [-0.1, -0.05) is 30.3 Å². The molecule has 0 fully saturated rings. The fourth-order valence-corrected chi connectivity index (χ4v) is 2.65. The van der Waals surface area contributed by atoms with Crippen LogP contribution in [0.15, 0.2) is 59.6 Å². The van der Waals surface area contributed by atoms with Gasteiger partial charge in [0.25, 0.3) is 5.91 Å². The van der Waals surface area contributed by atoms with E-state index in [0.29, 0.717) is 12.1 Å². The van der Waals surface area contributed by atoms with Gasteiger partial charge in [0.05, 0.1) is 7.11 Å². The van der Waals surface area contributed by atoms with Crippen molar-refractivity contribution >= 4 is 11.9 Å². The summed E-state index contributed by atoms with van der Waals surface area (Å²) in [4.78, 5) is 18.4. The largest absolute Gasteiger partial charge is 0.497 e. The molecular weight excluding hydrogens is 340 g/mol. The average Bonchev–Trinajstić information content (AvgIpc) is 2.71. The molecule has 0 spiro atoms. The minimum absolute atomic E-state index is 0.0448. The normalized spacial score (nSPS) is 11.0. The van der Waals surface area contributed by atoms with Crippen molar-refractivity contribution in [2.75, 3.05) is 34.3 Å². The van der Waals surface area contributed by atoms with Gasteiger partial charge >= 0.3 is 0 Å². The predicted octanol–water partition coefficient (Wildman–Crippen LogP) is 2.52. The highest BCUT2D eigenvalue weighted by Crippen LogP contribution is 2.12. The number of nitrogens with zero attached hydrogens (tertiary/aromatic N) is 2. The van der Waals surface area contributed by atoms with Crippen molar-refractivity contribution in [3.05, 3.63) is 65.7 Å². The van der Waals surface area contributed by atoms with E-state index < -0.39 is 0 Å². The van der Waals surface area contributed by atoms with E-state index in [1.54, 1.807) is 14.2 Å². The minimum Gasteiger partial charge on any atom is -0.497 e. The molecule has 0 heterocycles. The van der Waals surface area contributed by atoms with Crippen LogP contribution in [0, 0.1) is 0 Å². The van der Waals surface area contributed by atoms with Crippen LogP contribution < -0.4 is 15.4 Å². The first-order valence-electron chi connectivity index (χ1n) is 9.02. The summed E-state index contributed by atoms with van der Waals surface area (Å²) in [5, 5.41) is 6.25. The first-order valence-corrected chi connectivity index (χ1v) is 9.02. The van der Waals surface area contributed by atoms with Crippen LogP contribution in [0.1, 0.15) is 22.3 Å². The van der Waals surface area contributed by atoms with Crippen LogP contribution in [-0.2, 0) is 6.54 Å². The van der Waals surface area contributed by atoms with Crippen molar-refractivity contribution in [2.24, 2.45) is 4.99 Å². The van der Waals surface area contributed by atoms with Gasteiger partial charge in [0.15, 0.2) is 5.96 Å². The van der Waals surface area contributed by atoms with Gasteiger partial charge in [0.1, 0.15) is 5.75 Å². The van der Waals surface area contributed by atoms with E-state index in [1.165, 1.54) is 5.56 Å². The molecule has 0 radical (unpaired) electrons. The number of hydrogen-bond donors (Lipinski definition) is 2. The van der Waals surface area contributed by atoms with Crippen LogP contribution in [0.3, 0.4) is 0 Å². The molecule has 2 rings (SSSR count). The van der Waals surface area contributed by atoms with Gasteiger partial charge < -0.3 is 20.3 Å². The molecule has 0 bridgehead atoms. The number of ether oxygens (including phenoxy) is 1. The molecule has 27 heavy (non-hydrogen) atoms. The third-order valence-corrected chi connectivity index (χ3v) is 4.11. The smallest absolute Gasteiger partial charge is 0.251 e. The second-order valence-corrected chi connectivity index (χ2v) is 6.15. The SMILES string of the molecule is CN=C(NCCCNC(=O)c1ccccc1)N(C)Cc1ccc(OC)cc1. The van der Waals surface area contributed by atoms with Crippen LogP contribution in [0.5, 0.6) is 5.75 Å². The van der Waals surface area contributed by atoms with Crippen LogP contribution in [0.2, 0.25) is 0 Å². The van der Waals surface area contributed by atoms with Crippen molar-refractivity contribution in [1.82, 2.24) is 15.5 Å². The molecule has 2 aromatic carbocycles. The number of benzene rings is 2. The summed E-state index contributed by atoms with van der Waals surface area (Å²) in [5.74, 6) is 1.62. The summed E-state index contributed by atoms with van der Waals surface area (Å²) >= 11 is 0. The zero-order chi connectivity index (χ0) is 19.5. The lowest BCUT2D eigenvalue weighted by molar-refractivity contribution is 0.0953. The van der Waals surface area contributed by atoms with E-state index in [-0.39, 0.29) is 5.91 Å². The Balaban J connectivity index is 1.70. The van der Waals surface area contributed by atoms with E-state index in [9.17, 15) is 4.79 Å². The number of guanidine groups is 1. The molecule has 6 heteroatoms. The number of rotatable bonds is 8. The molecule has 0 saturated heterocycles. The number of methoxy groups -OCH3 is 1. The molecule has 0 unspecified atom stereocenters. The number of amides is 1. The summed E-state index contributed by atoms with van der Waals surface area (Å²) in [6, 6.07) is 17.2. The molecule has 1 amide bonds. The lowest BCUT2D eigenvalue weighted by Crippen LogP contribution is -2.39. The van der Waals surface area contributed by atoms with E-state index in [2.05, 4.69) is 20.5 Å². The van der Waals surface area contributed by atoms with E-state index in [1.807, 2.05) is 61.6 Å². The molecule has 2 N–H and O–H groups in total. The van der Waals surface area contributed by atoms with Gasteiger partial charge in [0, 0.05) is 39.3 Å². The van der Waals surface area contributed by atoms with Gasteiger partial charge in [-0.05, 0) is 36.2 Å². The third kappa shape index (κ3) is 6.66. The minimum atomic E-state index is -0.0448. The summed E-state index contributed by atoms with van der Waals surface area (Å²) in [7, 11) is 5.43. The van der Waals surface area contributed by atoms with Crippen molar-refractivity contribution in [2.45, 2.75) is 13.0 Å². The Bertz CT molecular complexity index is 730. The van der Waals surface area contributed by atoms with Crippen LogP contribution in [0.25, 0.3) is 0 Å². The molecular formula is C21H28N4O2. The van der Waals surface area contributed by atoms with Gasteiger partial charge in [-0.25, -0.2) is 0 Å². The zero-order valence-electron chi connectivity index (χ0n) is 16.2. The lowest BCUT2D eigenvalue weighted by atomic mass is 10.2. The highest BCUT2D eigenvalue weighted by atomic mass is 16.5. The van der Waals surface area contributed by atoms with E-state index in [0.717, 1.165) is 31.2 Å². The second kappa shape index (κ2) is 10.9. The van der Waals surface area contributed by atoms with Gasteiger partial charge in [-0.2, -0.15) is 0 Å². The monoisotopic (exact) mass is 368 g/mol. The molecule has 0 aliphatic heterocycles. The lowest BCUT2D eigenvalue weighted by Gasteiger charge is -2.22. The molecule has 0 saturated carbocycles. The third-order valence-electron chi connectivity index (χ3n) is 4.11. The Morgan fingerprint density at radius 3 is 2.33 bits per heavy atom. The summed E-state index contributed by atoms with van der Waals surface area (Å²) in [6.45, 7) is 2.09. The number of hydrogen-bond acceptors (Lipinski definition) is 3. The van der Waals surface area contributed by atoms with Crippen LogP contribution in [-0.4, -0.2) is 51.1 Å². The topological polar surface area (TPSA) is 66.0 Å². The first kappa shape index (κ1) is 20.3. The maximum atomic E-state index is 12.0. The maximum absolute atomic E-state index is 12.0. The Kier molecular flexibility index (Phi) is 8.16. The Morgan fingerprint density at radius 2 is 1.70 bits per heavy atom. The number of carbonyl (C=O) groups excluding carboxylic acids is 1. The van der Waals surface area contributed by atoms with Gasteiger partial charge in [0.2, 0.25) is 0 Å². The number of nitrogens with one attached hydrogen (secondary N) is 2. The molecule has 144 valence electrons.